The Morgan fingerprint density at radius 3 is 2.67 bits per heavy atom. The lowest BCUT2D eigenvalue weighted by molar-refractivity contribution is 0.0692. The fourth-order valence-electron chi connectivity index (χ4n) is 1.43. The predicted molar refractivity (Wildman–Crippen MR) is 64.2 cm³/mol. The molecule has 1 aromatic rings. The van der Waals surface area contributed by atoms with E-state index in [-0.39, 0.29) is 18.0 Å². The molecule has 0 spiro atoms. The molecular weight excluding hydrogens is 241 g/mol. The summed E-state index contributed by atoms with van der Waals surface area (Å²) in [5, 5.41) is 17.3. The highest BCUT2D eigenvalue weighted by molar-refractivity contribution is 5.89. The molecule has 0 heterocycles. The molecule has 0 atom stereocenters. The van der Waals surface area contributed by atoms with Gasteiger partial charge in [0.05, 0.1) is 17.9 Å². The van der Waals surface area contributed by atoms with Crippen molar-refractivity contribution in [3.63, 3.8) is 0 Å². The lowest BCUT2D eigenvalue weighted by Crippen LogP contribution is -2.06. The van der Waals surface area contributed by atoms with Crippen LogP contribution in [0.15, 0.2) is 12.1 Å². The summed E-state index contributed by atoms with van der Waals surface area (Å²) in [5.74, 6) is -2.10. The number of halogens is 1. The Hall–Kier alpha value is -1.82. The number of anilines is 1. The van der Waals surface area contributed by atoms with Crippen molar-refractivity contribution in [3.05, 3.63) is 23.5 Å². The Morgan fingerprint density at radius 1 is 1.33 bits per heavy atom. The van der Waals surface area contributed by atoms with E-state index in [2.05, 4.69) is 0 Å². The number of ether oxygens (including phenoxy) is 1. The van der Waals surface area contributed by atoms with E-state index in [1.807, 2.05) is 0 Å². The first-order valence-corrected chi connectivity index (χ1v) is 5.62. The molecule has 0 bridgehead atoms. The number of nitrogen functional groups attached to an aromatic ring is 1. The van der Waals surface area contributed by atoms with Gasteiger partial charge in [0.1, 0.15) is 11.6 Å². The number of hydrogen-bond acceptors (Lipinski definition) is 4. The largest absolute Gasteiger partial charge is 0.491 e. The van der Waals surface area contributed by atoms with Crippen LogP contribution in [0.4, 0.5) is 10.1 Å². The highest BCUT2D eigenvalue weighted by Gasteiger charge is 2.14. The zero-order valence-electron chi connectivity index (χ0n) is 9.86. The van der Waals surface area contributed by atoms with Crippen LogP contribution >= 0.6 is 0 Å². The van der Waals surface area contributed by atoms with Crippen LogP contribution in [-0.4, -0.2) is 29.4 Å². The van der Waals surface area contributed by atoms with Crippen molar-refractivity contribution in [1.29, 1.82) is 0 Å². The minimum atomic E-state index is -1.37. The van der Waals surface area contributed by atoms with Crippen molar-refractivity contribution in [1.82, 2.24) is 0 Å². The van der Waals surface area contributed by atoms with Crippen molar-refractivity contribution in [2.75, 3.05) is 18.9 Å². The standard InChI is InChI=1S/C12H16FNO4/c13-9-7-11(18-5-3-1-2-4-15)10(14)6-8(9)12(16)17/h6-7,15H,1-5,14H2,(H,16,17). The molecular formula is C12H16FNO4. The highest BCUT2D eigenvalue weighted by atomic mass is 19.1. The van der Waals surface area contributed by atoms with Crippen LogP contribution in [0.3, 0.4) is 0 Å². The summed E-state index contributed by atoms with van der Waals surface area (Å²) in [7, 11) is 0. The monoisotopic (exact) mass is 257 g/mol. The molecule has 4 N–H and O–H groups in total. The topological polar surface area (TPSA) is 92.8 Å². The molecule has 0 saturated carbocycles. The number of carboxylic acids is 1. The van der Waals surface area contributed by atoms with Gasteiger partial charge in [-0.05, 0) is 25.3 Å². The van der Waals surface area contributed by atoms with Crippen LogP contribution in [0.5, 0.6) is 5.75 Å². The Kier molecular flexibility index (Phi) is 5.38. The molecule has 0 unspecified atom stereocenters. The predicted octanol–water partition coefficient (Wildman–Crippen LogP) is 1.65. The van der Waals surface area contributed by atoms with Crippen molar-refractivity contribution >= 4 is 11.7 Å². The Morgan fingerprint density at radius 2 is 2.06 bits per heavy atom. The van der Waals surface area contributed by atoms with Crippen LogP contribution in [0.2, 0.25) is 0 Å². The minimum Gasteiger partial charge on any atom is -0.491 e. The van der Waals surface area contributed by atoms with E-state index < -0.39 is 17.3 Å². The molecule has 0 aliphatic heterocycles. The zero-order chi connectivity index (χ0) is 13.5. The van der Waals surface area contributed by atoms with Gasteiger partial charge in [0.2, 0.25) is 0 Å². The third-order valence-corrected chi connectivity index (χ3v) is 2.39. The highest BCUT2D eigenvalue weighted by Crippen LogP contribution is 2.25. The number of aliphatic hydroxyl groups excluding tert-OH is 1. The average Bonchev–Trinajstić information content (AvgIpc) is 2.32. The molecule has 0 aliphatic rings. The van der Waals surface area contributed by atoms with E-state index in [0.717, 1.165) is 18.6 Å². The molecule has 0 aromatic heterocycles. The maximum absolute atomic E-state index is 13.4. The summed E-state index contributed by atoms with van der Waals surface area (Å²) in [6.45, 7) is 0.472. The molecule has 0 saturated heterocycles. The number of aliphatic hydroxyl groups is 1. The van der Waals surface area contributed by atoms with Gasteiger partial charge >= 0.3 is 5.97 Å². The number of unbranched alkanes of at least 4 members (excludes halogenated alkanes) is 2. The molecule has 0 amide bonds. The third-order valence-electron chi connectivity index (χ3n) is 2.39. The molecule has 5 nitrogen and oxygen atoms in total. The van der Waals surface area contributed by atoms with Crippen LogP contribution < -0.4 is 10.5 Å². The van der Waals surface area contributed by atoms with E-state index in [9.17, 15) is 9.18 Å². The minimum absolute atomic E-state index is 0.0935. The fourth-order valence-corrected chi connectivity index (χ4v) is 1.43. The smallest absolute Gasteiger partial charge is 0.338 e. The van der Waals surface area contributed by atoms with Crippen molar-refractivity contribution in [2.24, 2.45) is 0 Å². The summed E-state index contributed by atoms with van der Waals surface area (Å²) >= 11 is 0. The molecule has 1 aromatic carbocycles. The van der Waals surface area contributed by atoms with E-state index in [1.54, 1.807) is 0 Å². The van der Waals surface area contributed by atoms with E-state index >= 15 is 0 Å². The van der Waals surface area contributed by atoms with Crippen LogP contribution in [0, 0.1) is 5.82 Å². The summed E-state index contributed by atoms with van der Waals surface area (Å²) in [6, 6.07) is 2.02. The molecule has 0 radical (unpaired) electrons. The Labute approximate surface area is 104 Å². The quantitative estimate of drug-likeness (QED) is 0.510. The Balaban J connectivity index is 2.62. The number of rotatable bonds is 7. The average molecular weight is 257 g/mol. The van der Waals surface area contributed by atoms with Crippen molar-refractivity contribution in [3.8, 4) is 5.75 Å². The molecule has 1 rings (SSSR count). The number of aromatic carboxylic acids is 1. The zero-order valence-corrected chi connectivity index (χ0v) is 9.86. The van der Waals surface area contributed by atoms with E-state index in [4.69, 9.17) is 20.7 Å². The first-order valence-electron chi connectivity index (χ1n) is 5.62. The molecule has 0 fully saturated rings. The van der Waals surface area contributed by atoms with Gasteiger partial charge in [0, 0.05) is 12.7 Å². The molecule has 100 valence electrons. The van der Waals surface area contributed by atoms with Gasteiger partial charge in [0.15, 0.2) is 0 Å². The number of carboxylic acid groups (broad SMARTS) is 1. The summed E-state index contributed by atoms with van der Waals surface area (Å²) in [4.78, 5) is 10.7. The van der Waals surface area contributed by atoms with Gasteiger partial charge in [-0.1, -0.05) is 0 Å². The lowest BCUT2D eigenvalue weighted by atomic mass is 10.1. The first-order chi connectivity index (χ1) is 8.56. The summed E-state index contributed by atoms with van der Waals surface area (Å²) < 4.78 is 18.6. The fraction of sp³-hybridized carbons (Fsp3) is 0.417. The summed E-state index contributed by atoms with van der Waals surface area (Å²) in [6.07, 6.45) is 2.19. The van der Waals surface area contributed by atoms with Gasteiger partial charge in [-0.15, -0.1) is 0 Å². The lowest BCUT2D eigenvalue weighted by Gasteiger charge is -2.10. The van der Waals surface area contributed by atoms with Gasteiger partial charge in [-0.2, -0.15) is 0 Å². The van der Waals surface area contributed by atoms with E-state index in [1.165, 1.54) is 0 Å². The van der Waals surface area contributed by atoms with Crippen LogP contribution in [0.1, 0.15) is 29.6 Å². The Bertz CT molecular complexity index is 423. The second kappa shape index (κ2) is 6.80. The van der Waals surface area contributed by atoms with Gasteiger partial charge < -0.3 is 20.7 Å². The van der Waals surface area contributed by atoms with Crippen molar-refractivity contribution in [2.45, 2.75) is 19.3 Å². The number of nitrogens with two attached hydrogens (primary N) is 1. The van der Waals surface area contributed by atoms with Crippen LogP contribution in [0.25, 0.3) is 0 Å². The number of hydrogen-bond donors (Lipinski definition) is 3. The normalized spacial score (nSPS) is 10.3. The van der Waals surface area contributed by atoms with Crippen LogP contribution in [-0.2, 0) is 0 Å². The van der Waals surface area contributed by atoms with E-state index in [0.29, 0.717) is 19.4 Å². The molecule has 0 aliphatic carbocycles. The van der Waals surface area contributed by atoms with Gasteiger partial charge in [0.25, 0.3) is 0 Å². The third kappa shape index (κ3) is 3.89. The SMILES string of the molecule is Nc1cc(C(=O)O)c(F)cc1OCCCCCO. The second-order valence-electron chi connectivity index (χ2n) is 3.81. The maximum Gasteiger partial charge on any atom is 0.338 e. The van der Waals surface area contributed by atoms with Crippen molar-refractivity contribution < 1.29 is 24.1 Å². The first kappa shape index (κ1) is 14.2. The van der Waals surface area contributed by atoms with Gasteiger partial charge in [-0.3, -0.25) is 0 Å². The second-order valence-corrected chi connectivity index (χ2v) is 3.81. The molecule has 6 heteroatoms. The van der Waals surface area contributed by atoms with Gasteiger partial charge in [-0.25, -0.2) is 9.18 Å². The number of carbonyl (C=O) groups is 1. The maximum atomic E-state index is 13.4. The summed E-state index contributed by atoms with van der Waals surface area (Å²) in [5.41, 5.74) is 5.20. The molecule has 18 heavy (non-hydrogen) atoms. The number of benzene rings is 1.